The van der Waals surface area contributed by atoms with Gasteiger partial charge in [-0.25, -0.2) is 13.1 Å². The first-order valence-electron chi connectivity index (χ1n) is 9.68. The Morgan fingerprint density at radius 2 is 1.77 bits per heavy atom. The fourth-order valence-electron chi connectivity index (χ4n) is 3.47. The molecule has 1 fully saturated rings. The van der Waals surface area contributed by atoms with Gasteiger partial charge in [0.25, 0.3) is 5.91 Å². The molecule has 0 aromatic heterocycles. The molecule has 1 saturated carbocycles. The second-order valence-electron chi connectivity index (χ2n) is 7.16. The molecule has 1 aliphatic rings. The van der Waals surface area contributed by atoms with Crippen LogP contribution in [0.1, 0.15) is 41.6 Å². The zero-order valence-electron chi connectivity index (χ0n) is 17.0. The number of phenols is 1. The smallest absolute Gasteiger partial charge is 0.251 e. The van der Waals surface area contributed by atoms with Crippen LogP contribution in [-0.2, 0) is 16.6 Å². The molecule has 0 radical (unpaired) electrons. The lowest BCUT2D eigenvalue weighted by atomic mass is 10.1. The van der Waals surface area contributed by atoms with Crippen molar-refractivity contribution in [3.05, 3.63) is 47.5 Å². The highest BCUT2D eigenvalue weighted by molar-refractivity contribution is 7.89. The van der Waals surface area contributed by atoms with Crippen LogP contribution < -0.4 is 19.5 Å². The van der Waals surface area contributed by atoms with E-state index in [4.69, 9.17) is 9.47 Å². The standard InChI is InChI=1S/C21H26N2O6S/c1-28-18-10-8-15(12-20(18)30(26,27)23-16-5-3-4-6-16)21(25)22-13-14-7-9-17(24)19(11-14)29-2/h7-12,16,23-24H,3-6,13H2,1-2H3,(H,22,25). The molecule has 0 spiro atoms. The van der Waals surface area contributed by atoms with Crippen LogP contribution in [0.2, 0.25) is 0 Å². The average molecular weight is 435 g/mol. The Hall–Kier alpha value is -2.78. The zero-order valence-corrected chi connectivity index (χ0v) is 17.8. The molecule has 2 aromatic rings. The minimum absolute atomic E-state index is 0.00680. The Balaban J connectivity index is 1.77. The molecule has 30 heavy (non-hydrogen) atoms. The molecule has 0 unspecified atom stereocenters. The number of aromatic hydroxyl groups is 1. The van der Waals surface area contributed by atoms with Crippen LogP contribution in [0.15, 0.2) is 41.3 Å². The number of methoxy groups -OCH3 is 2. The lowest BCUT2D eigenvalue weighted by Gasteiger charge is -2.16. The summed E-state index contributed by atoms with van der Waals surface area (Å²) in [7, 11) is -0.991. The van der Waals surface area contributed by atoms with Gasteiger partial charge in [0.2, 0.25) is 10.0 Å². The summed E-state index contributed by atoms with van der Waals surface area (Å²) in [6, 6.07) is 8.97. The van der Waals surface area contributed by atoms with Crippen LogP contribution in [0.3, 0.4) is 0 Å². The Labute approximate surface area is 176 Å². The number of nitrogens with one attached hydrogen (secondary N) is 2. The van der Waals surface area contributed by atoms with Crippen LogP contribution in [0.4, 0.5) is 0 Å². The van der Waals surface area contributed by atoms with E-state index in [0.717, 1.165) is 31.2 Å². The van der Waals surface area contributed by atoms with Gasteiger partial charge in [-0.15, -0.1) is 0 Å². The molecule has 9 heteroatoms. The maximum atomic E-state index is 12.9. The van der Waals surface area contributed by atoms with Gasteiger partial charge >= 0.3 is 0 Å². The van der Waals surface area contributed by atoms with Crippen molar-refractivity contribution >= 4 is 15.9 Å². The normalized spacial score (nSPS) is 14.5. The third-order valence-electron chi connectivity index (χ3n) is 5.09. The number of carbonyl (C=O) groups is 1. The van der Waals surface area contributed by atoms with Gasteiger partial charge in [-0.3, -0.25) is 4.79 Å². The largest absolute Gasteiger partial charge is 0.504 e. The average Bonchev–Trinajstić information content (AvgIpc) is 3.24. The monoisotopic (exact) mass is 434 g/mol. The van der Waals surface area contributed by atoms with Crippen molar-refractivity contribution in [2.45, 2.75) is 43.2 Å². The summed E-state index contributed by atoms with van der Waals surface area (Å²) in [5.41, 5.74) is 0.926. The number of sulfonamides is 1. The van der Waals surface area contributed by atoms with Crippen molar-refractivity contribution in [1.29, 1.82) is 0 Å². The summed E-state index contributed by atoms with van der Waals surface area (Å²) in [5, 5.41) is 12.4. The lowest BCUT2D eigenvalue weighted by molar-refractivity contribution is 0.0950. The van der Waals surface area contributed by atoms with Crippen molar-refractivity contribution < 1.29 is 27.8 Å². The second-order valence-corrected chi connectivity index (χ2v) is 8.84. The molecule has 1 aliphatic carbocycles. The summed E-state index contributed by atoms with van der Waals surface area (Å²) in [5.74, 6) is 0.0623. The van der Waals surface area contributed by atoms with E-state index in [2.05, 4.69) is 10.0 Å². The number of hydrogen-bond acceptors (Lipinski definition) is 6. The van der Waals surface area contributed by atoms with E-state index >= 15 is 0 Å². The highest BCUT2D eigenvalue weighted by atomic mass is 32.2. The summed E-state index contributed by atoms with van der Waals surface area (Å²) in [4.78, 5) is 12.6. The van der Waals surface area contributed by atoms with Crippen molar-refractivity contribution in [2.75, 3.05) is 14.2 Å². The van der Waals surface area contributed by atoms with E-state index in [9.17, 15) is 18.3 Å². The maximum absolute atomic E-state index is 12.9. The van der Waals surface area contributed by atoms with Gasteiger partial charge in [0.05, 0.1) is 14.2 Å². The van der Waals surface area contributed by atoms with Crippen molar-refractivity contribution in [3.8, 4) is 17.2 Å². The first-order chi connectivity index (χ1) is 14.3. The fraction of sp³-hybridized carbons (Fsp3) is 0.381. The highest BCUT2D eigenvalue weighted by Gasteiger charge is 2.26. The number of carbonyl (C=O) groups excluding carboxylic acids is 1. The van der Waals surface area contributed by atoms with Crippen LogP contribution in [0.25, 0.3) is 0 Å². The molecule has 0 atom stereocenters. The van der Waals surface area contributed by atoms with Crippen LogP contribution in [0, 0.1) is 0 Å². The molecular weight excluding hydrogens is 408 g/mol. The molecule has 2 aromatic carbocycles. The molecule has 162 valence electrons. The number of phenolic OH excluding ortho intramolecular Hbond substituents is 1. The van der Waals surface area contributed by atoms with Crippen molar-refractivity contribution in [1.82, 2.24) is 10.0 Å². The van der Waals surface area contributed by atoms with E-state index in [1.165, 1.54) is 38.5 Å². The second kappa shape index (κ2) is 9.36. The summed E-state index contributed by atoms with van der Waals surface area (Å²) in [6.07, 6.45) is 3.60. The molecule has 0 aliphatic heterocycles. The van der Waals surface area contributed by atoms with Crippen LogP contribution in [-0.4, -0.2) is 39.7 Å². The van der Waals surface area contributed by atoms with Gasteiger partial charge in [-0.2, -0.15) is 0 Å². The molecular formula is C21H26N2O6S. The maximum Gasteiger partial charge on any atom is 0.251 e. The van der Waals surface area contributed by atoms with Gasteiger partial charge in [0.15, 0.2) is 11.5 Å². The Kier molecular flexibility index (Phi) is 6.84. The van der Waals surface area contributed by atoms with Crippen LogP contribution >= 0.6 is 0 Å². The minimum Gasteiger partial charge on any atom is -0.504 e. The van der Waals surface area contributed by atoms with E-state index in [1.807, 2.05) is 0 Å². The third-order valence-corrected chi connectivity index (χ3v) is 6.63. The summed E-state index contributed by atoms with van der Waals surface area (Å²) in [6.45, 7) is 0.184. The lowest BCUT2D eigenvalue weighted by Crippen LogP contribution is -2.33. The molecule has 0 saturated heterocycles. The number of amides is 1. The van der Waals surface area contributed by atoms with Crippen molar-refractivity contribution in [3.63, 3.8) is 0 Å². The van der Waals surface area contributed by atoms with Gasteiger partial charge < -0.3 is 19.9 Å². The van der Waals surface area contributed by atoms with E-state index in [0.29, 0.717) is 5.75 Å². The molecule has 3 N–H and O–H groups in total. The number of rotatable bonds is 8. The Morgan fingerprint density at radius 3 is 2.43 bits per heavy atom. The molecule has 3 rings (SSSR count). The Morgan fingerprint density at radius 1 is 1.07 bits per heavy atom. The zero-order chi connectivity index (χ0) is 21.7. The number of ether oxygens (including phenoxy) is 2. The SMILES string of the molecule is COc1cc(CNC(=O)c2ccc(OC)c(S(=O)(=O)NC3CCCC3)c2)ccc1O. The summed E-state index contributed by atoms with van der Waals surface area (Å²) >= 11 is 0. The first-order valence-corrected chi connectivity index (χ1v) is 11.2. The topological polar surface area (TPSA) is 114 Å². The third kappa shape index (κ3) is 5.03. The minimum atomic E-state index is -3.82. The predicted molar refractivity (Wildman–Crippen MR) is 111 cm³/mol. The van der Waals surface area contributed by atoms with Gasteiger partial charge in [0.1, 0.15) is 10.6 Å². The van der Waals surface area contributed by atoms with Crippen molar-refractivity contribution in [2.24, 2.45) is 0 Å². The molecule has 0 heterocycles. The first kappa shape index (κ1) is 21.9. The van der Waals surface area contributed by atoms with E-state index in [1.54, 1.807) is 12.1 Å². The molecule has 1 amide bonds. The molecule has 8 nitrogen and oxygen atoms in total. The van der Waals surface area contributed by atoms with E-state index in [-0.39, 0.29) is 34.5 Å². The van der Waals surface area contributed by atoms with E-state index < -0.39 is 15.9 Å². The number of benzene rings is 2. The Bertz CT molecular complexity index is 1020. The summed E-state index contributed by atoms with van der Waals surface area (Å²) < 4.78 is 38.7. The van der Waals surface area contributed by atoms with Crippen LogP contribution in [0.5, 0.6) is 17.2 Å². The van der Waals surface area contributed by atoms with Gasteiger partial charge in [-0.05, 0) is 48.7 Å². The highest BCUT2D eigenvalue weighted by Crippen LogP contribution is 2.28. The molecule has 0 bridgehead atoms. The van der Waals surface area contributed by atoms with Gasteiger partial charge in [-0.1, -0.05) is 18.9 Å². The fourth-order valence-corrected chi connectivity index (χ4v) is 4.97. The number of hydrogen-bond donors (Lipinski definition) is 3. The quantitative estimate of drug-likeness (QED) is 0.588. The van der Waals surface area contributed by atoms with Gasteiger partial charge in [0, 0.05) is 18.2 Å². The predicted octanol–water partition coefficient (Wildman–Crippen LogP) is 2.56.